The van der Waals surface area contributed by atoms with Crippen molar-refractivity contribution in [3.8, 4) is 5.75 Å². The molecule has 2 fully saturated rings. The van der Waals surface area contributed by atoms with Gasteiger partial charge in [0.25, 0.3) is 0 Å². The number of aliphatic imine (C=N–C) groups is 1. The molecular formula is C21H36IN5O. The topological polar surface area (TPSA) is 43.3 Å². The summed E-state index contributed by atoms with van der Waals surface area (Å²) in [6.45, 7) is 11.9. The first-order valence-corrected chi connectivity index (χ1v) is 10.4. The summed E-state index contributed by atoms with van der Waals surface area (Å²) < 4.78 is 5.25. The van der Waals surface area contributed by atoms with Gasteiger partial charge in [-0.05, 0) is 50.5 Å². The molecule has 1 N–H and O–H groups in total. The number of nitrogens with one attached hydrogen (secondary N) is 1. The van der Waals surface area contributed by atoms with Gasteiger partial charge in [0.15, 0.2) is 5.96 Å². The number of benzene rings is 1. The van der Waals surface area contributed by atoms with E-state index >= 15 is 0 Å². The molecule has 0 spiro atoms. The molecule has 2 saturated heterocycles. The molecule has 2 aliphatic heterocycles. The summed E-state index contributed by atoms with van der Waals surface area (Å²) in [5.74, 6) is 2.03. The lowest BCUT2D eigenvalue weighted by Crippen LogP contribution is -2.46. The zero-order chi connectivity index (χ0) is 18.9. The fraction of sp³-hybridized carbons (Fsp3) is 0.667. The van der Waals surface area contributed by atoms with E-state index in [2.05, 4.69) is 39.1 Å². The minimum absolute atomic E-state index is 0. The Morgan fingerprint density at radius 3 is 2.32 bits per heavy atom. The van der Waals surface area contributed by atoms with Gasteiger partial charge in [0, 0.05) is 64.6 Å². The summed E-state index contributed by atoms with van der Waals surface area (Å²) >= 11 is 0. The Balaban J connectivity index is 0.00000280. The second-order valence-corrected chi connectivity index (χ2v) is 7.31. The molecule has 1 aromatic rings. The van der Waals surface area contributed by atoms with Crippen LogP contribution < -0.4 is 15.0 Å². The van der Waals surface area contributed by atoms with Gasteiger partial charge in [0.1, 0.15) is 5.75 Å². The Hall–Kier alpha value is -1.22. The Morgan fingerprint density at radius 1 is 1.04 bits per heavy atom. The number of ether oxygens (including phenoxy) is 1. The lowest BCUT2D eigenvalue weighted by atomic mass is 10.2. The molecule has 0 radical (unpaired) electrons. The summed E-state index contributed by atoms with van der Waals surface area (Å²) in [6.07, 6.45) is 3.72. The third-order valence-corrected chi connectivity index (χ3v) is 5.44. The highest BCUT2D eigenvalue weighted by atomic mass is 127. The first-order chi connectivity index (χ1) is 13.3. The Kier molecular flexibility index (Phi) is 10.2. The number of likely N-dealkylation sites (tertiary alicyclic amines) is 1. The van der Waals surface area contributed by atoms with E-state index in [0.717, 1.165) is 77.0 Å². The molecule has 6 nitrogen and oxygen atoms in total. The lowest BCUT2D eigenvalue weighted by molar-refractivity contribution is 0.256. The van der Waals surface area contributed by atoms with E-state index in [1.807, 2.05) is 12.1 Å². The van der Waals surface area contributed by atoms with Gasteiger partial charge in [-0.1, -0.05) is 0 Å². The number of nitrogens with zero attached hydrogens (tertiary/aromatic N) is 4. The van der Waals surface area contributed by atoms with Crippen molar-refractivity contribution in [1.29, 1.82) is 0 Å². The maximum absolute atomic E-state index is 5.25. The van der Waals surface area contributed by atoms with Gasteiger partial charge >= 0.3 is 0 Å². The summed E-state index contributed by atoms with van der Waals surface area (Å²) in [6, 6.07) is 8.40. The van der Waals surface area contributed by atoms with Crippen LogP contribution in [0.5, 0.6) is 5.75 Å². The van der Waals surface area contributed by atoms with Crippen LogP contribution in [0.3, 0.4) is 0 Å². The van der Waals surface area contributed by atoms with Gasteiger partial charge in [-0.3, -0.25) is 9.89 Å². The second-order valence-electron chi connectivity index (χ2n) is 7.31. The van der Waals surface area contributed by atoms with Crippen LogP contribution >= 0.6 is 24.0 Å². The average molecular weight is 501 g/mol. The minimum Gasteiger partial charge on any atom is -0.497 e. The van der Waals surface area contributed by atoms with Gasteiger partial charge in [0.2, 0.25) is 0 Å². The van der Waals surface area contributed by atoms with Gasteiger partial charge in [-0.15, -0.1) is 24.0 Å². The van der Waals surface area contributed by atoms with Crippen molar-refractivity contribution in [3.63, 3.8) is 0 Å². The highest BCUT2D eigenvalue weighted by molar-refractivity contribution is 14.0. The van der Waals surface area contributed by atoms with Crippen LogP contribution in [-0.2, 0) is 0 Å². The molecule has 0 atom stereocenters. The molecule has 1 aromatic carbocycles. The molecule has 0 saturated carbocycles. The number of halogens is 1. The van der Waals surface area contributed by atoms with Crippen molar-refractivity contribution in [3.05, 3.63) is 24.3 Å². The van der Waals surface area contributed by atoms with E-state index in [-0.39, 0.29) is 24.0 Å². The van der Waals surface area contributed by atoms with Crippen molar-refractivity contribution in [2.24, 2.45) is 4.99 Å². The van der Waals surface area contributed by atoms with Crippen molar-refractivity contribution in [2.75, 3.05) is 70.9 Å². The van der Waals surface area contributed by atoms with Crippen LogP contribution in [0.2, 0.25) is 0 Å². The molecular weight excluding hydrogens is 465 g/mol. The molecule has 158 valence electrons. The summed E-state index contributed by atoms with van der Waals surface area (Å²) in [4.78, 5) is 12.3. The largest absolute Gasteiger partial charge is 0.497 e. The third kappa shape index (κ3) is 6.69. The maximum Gasteiger partial charge on any atom is 0.193 e. The molecule has 0 bridgehead atoms. The Morgan fingerprint density at radius 2 is 1.71 bits per heavy atom. The molecule has 0 aromatic heterocycles. The lowest BCUT2D eigenvalue weighted by Gasteiger charge is -2.36. The quantitative estimate of drug-likeness (QED) is 0.270. The van der Waals surface area contributed by atoms with E-state index in [9.17, 15) is 0 Å². The SMILES string of the molecule is CCNC(=NCCCN1CCN(c2ccc(OC)cc2)CC1)N1CCCC1.I. The Labute approximate surface area is 187 Å². The molecule has 0 amide bonds. The van der Waals surface area contributed by atoms with Crippen molar-refractivity contribution in [1.82, 2.24) is 15.1 Å². The van der Waals surface area contributed by atoms with Crippen LogP contribution in [-0.4, -0.2) is 81.8 Å². The van der Waals surface area contributed by atoms with Crippen LogP contribution in [0.1, 0.15) is 26.2 Å². The fourth-order valence-electron chi connectivity index (χ4n) is 3.86. The van der Waals surface area contributed by atoms with E-state index in [1.165, 1.54) is 18.5 Å². The van der Waals surface area contributed by atoms with E-state index in [4.69, 9.17) is 9.73 Å². The fourth-order valence-corrected chi connectivity index (χ4v) is 3.86. The number of hydrogen-bond acceptors (Lipinski definition) is 4. The number of guanidine groups is 1. The zero-order valence-electron chi connectivity index (χ0n) is 17.4. The Bertz CT molecular complexity index is 581. The standard InChI is InChI=1S/C21H35N5O.HI/c1-3-22-21(26-13-4-5-14-26)23-11-6-12-24-15-17-25(18-16-24)19-7-9-20(27-2)10-8-19;/h7-10H,3-6,11-18H2,1-2H3,(H,22,23);1H. The van der Waals surface area contributed by atoms with Gasteiger partial charge in [0.05, 0.1) is 7.11 Å². The van der Waals surface area contributed by atoms with Crippen LogP contribution in [0.25, 0.3) is 0 Å². The predicted octanol–water partition coefficient (Wildman–Crippen LogP) is 2.89. The third-order valence-electron chi connectivity index (χ3n) is 5.44. The summed E-state index contributed by atoms with van der Waals surface area (Å²) in [5, 5.41) is 3.44. The molecule has 3 rings (SSSR count). The number of anilines is 1. The van der Waals surface area contributed by atoms with Gasteiger partial charge < -0.3 is 19.9 Å². The van der Waals surface area contributed by atoms with Crippen LogP contribution in [0.4, 0.5) is 5.69 Å². The normalized spacial score (nSPS) is 18.1. The van der Waals surface area contributed by atoms with Gasteiger partial charge in [-0.25, -0.2) is 0 Å². The van der Waals surface area contributed by atoms with E-state index < -0.39 is 0 Å². The van der Waals surface area contributed by atoms with Crippen molar-refractivity contribution >= 4 is 35.6 Å². The number of methoxy groups -OCH3 is 1. The second kappa shape index (κ2) is 12.4. The van der Waals surface area contributed by atoms with Crippen LogP contribution in [0.15, 0.2) is 29.3 Å². The van der Waals surface area contributed by atoms with E-state index in [1.54, 1.807) is 7.11 Å². The zero-order valence-corrected chi connectivity index (χ0v) is 19.7. The van der Waals surface area contributed by atoms with Crippen molar-refractivity contribution < 1.29 is 4.74 Å². The minimum atomic E-state index is 0. The average Bonchev–Trinajstić information content (AvgIpc) is 3.25. The highest BCUT2D eigenvalue weighted by Crippen LogP contribution is 2.20. The summed E-state index contributed by atoms with van der Waals surface area (Å²) in [7, 11) is 1.71. The highest BCUT2D eigenvalue weighted by Gasteiger charge is 2.17. The first-order valence-electron chi connectivity index (χ1n) is 10.4. The van der Waals surface area contributed by atoms with Crippen LogP contribution in [0, 0.1) is 0 Å². The van der Waals surface area contributed by atoms with E-state index in [0.29, 0.717) is 0 Å². The number of hydrogen-bond donors (Lipinski definition) is 1. The molecule has 2 aliphatic rings. The number of piperazine rings is 1. The molecule has 0 unspecified atom stereocenters. The predicted molar refractivity (Wildman–Crippen MR) is 128 cm³/mol. The maximum atomic E-state index is 5.25. The van der Waals surface area contributed by atoms with Gasteiger partial charge in [-0.2, -0.15) is 0 Å². The monoisotopic (exact) mass is 501 g/mol. The molecule has 2 heterocycles. The molecule has 0 aliphatic carbocycles. The summed E-state index contributed by atoms with van der Waals surface area (Å²) in [5.41, 5.74) is 1.29. The molecule has 28 heavy (non-hydrogen) atoms. The molecule has 7 heteroatoms. The van der Waals surface area contributed by atoms with Crippen molar-refractivity contribution in [2.45, 2.75) is 26.2 Å². The first kappa shape index (κ1) is 23.1. The smallest absolute Gasteiger partial charge is 0.193 e. The number of rotatable bonds is 7.